The van der Waals surface area contributed by atoms with Gasteiger partial charge in [0.2, 0.25) is 0 Å². The van der Waals surface area contributed by atoms with Crippen molar-refractivity contribution in [2.24, 2.45) is 4.99 Å². The second-order valence-electron chi connectivity index (χ2n) is 5.00. The predicted octanol–water partition coefficient (Wildman–Crippen LogP) is 4.49. The monoisotopic (exact) mass is 262 g/mol. The van der Waals surface area contributed by atoms with Crippen LogP contribution in [0.5, 0.6) is 0 Å². The number of anilines is 1. The Hall–Kier alpha value is -0.960. The fourth-order valence-corrected chi connectivity index (χ4v) is 3.14. The molecule has 98 valence electrons. The summed E-state index contributed by atoms with van der Waals surface area (Å²) in [5.41, 5.74) is 2.56. The average molecular weight is 262 g/mol. The van der Waals surface area contributed by atoms with Gasteiger partial charge in [0.25, 0.3) is 0 Å². The van der Waals surface area contributed by atoms with Crippen LogP contribution in [0.25, 0.3) is 0 Å². The first-order valence-electron chi connectivity index (χ1n) is 6.77. The summed E-state index contributed by atoms with van der Waals surface area (Å²) < 4.78 is 0. The molecule has 1 unspecified atom stereocenters. The van der Waals surface area contributed by atoms with Gasteiger partial charge in [-0.05, 0) is 30.4 Å². The zero-order valence-corrected chi connectivity index (χ0v) is 12.3. The lowest BCUT2D eigenvalue weighted by Crippen LogP contribution is -2.20. The molecule has 1 N–H and O–H groups in total. The molecule has 0 saturated heterocycles. The van der Waals surface area contributed by atoms with Gasteiger partial charge in [-0.2, -0.15) is 0 Å². The summed E-state index contributed by atoms with van der Waals surface area (Å²) >= 11 is 1.84. The van der Waals surface area contributed by atoms with E-state index in [1.54, 1.807) is 0 Å². The summed E-state index contributed by atoms with van der Waals surface area (Å²) in [5, 5.41) is 4.59. The van der Waals surface area contributed by atoms with Crippen LogP contribution in [-0.2, 0) is 0 Å². The quantitative estimate of drug-likeness (QED) is 0.867. The molecule has 1 aromatic rings. The molecular weight excluding hydrogens is 240 g/mol. The fraction of sp³-hybridized carbons (Fsp3) is 0.533. The van der Waals surface area contributed by atoms with E-state index >= 15 is 0 Å². The number of hydrogen-bond acceptors (Lipinski definition) is 3. The lowest BCUT2D eigenvalue weighted by atomic mass is 10.0. The van der Waals surface area contributed by atoms with Crippen LogP contribution in [0.2, 0.25) is 0 Å². The van der Waals surface area contributed by atoms with E-state index in [2.05, 4.69) is 50.4 Å². The molecule has 1 aliphatic rings. The van der Waals surface area contributed by atoms with E-state index in [1.165, 1.54) is 23.4 Å². The van der Waals surface area contributed by atoms with Crippen molar-refractivity contribution < 1.29 is 0 Å². The highest BCUT2D eigenvalue weighted by molar-refractivity contribution is 8.14. The molecule has 2 nitrogen and oxygen atoms in total. The van der Waals surface area contributed by atoms with Crippen molar-refractivity contribution in [1.82, 2.24) is 0 Å². The van der Waals surface area contributed by atoms with E-state index in [9.17, 15) is 0 Å². The second-order valence-corrected chi connectivity index (χ2v) is 6.08. The van der Waals surface area contributed by atoms with E-state index in [1.807, 2.05) is 11.8 Å². The molecule has 0 bridgehead atoms. The number of thioether (sulfide) groups is 1. The summed E-state index contributed by atoms with van der Waals surface area (Å²) in [6.07, 6.45) is 2.34. The van der Waals surface area contributed by atoms with Gasteiger partial charge in [-0.3, -0.25) is 4.99 Å². The van der Waals surface area contributed by atoms with Gasteiger partial charge in [0.1, 0.15) is 0 Å². The van der Waals surface area contributed by atoms with Crippen molar-refractivity contribution in [3.8, 4) is 0 Å². The molecule has 0 aliphatic carbocycles. The average Bonchev–Trinajstić information content (AvgIpc) is 2.39. The molecule has 0 amide bonds. The van der Waals surface area contributed by atoms with Crippen molar-refractivity contribution in [2.75, 3.05) is 11.1 Å². The van der Waals surface area contributed by atoms with Crippen molar-refractivity contribution in [1.29, 1.82) is 0 Å². The van der Waals surface area contributed by atoms with Crippen LogP contribution >= 0.6 is 11.8 Å². The first-order chi connectivity index (χ1) is 8.70. The summed E-state index contributed by atoms with van der Waals surface area (Å²) in [5.74, 6) is 1.71. The minimum atomic E-state index is 0.500. The molecule has 18 heavy (non-hydrogen) atoms. The molecule has 3 heteroatoms. The van der Waals surface area contributed by atoms with Gasteiger partial charge < -0.3 is 5.32 Å². The third-order valence-electron chi connectivity index (χ3n) is 3.29. The zero-order valence-electron chi connectivity index (χ0n) is 11.4. The third-order valence-corrected chi connectivity index (χ3v) is 4.21. The molecule has 1 atom stereocenters. The van der Waals surface area contributed by atoms with E-state index < -0.39 is 0 Å². The Morgan fingerprint density at radius 2 is 2.17 bits per heavy atom. The molecule has 1 aliphatic heterocycles. The van der Waals surface area contributed by atoms with Crippen LogP contribution in [0.3, 0.4) is 0 Å². The number of nitrogens with zero attached hydrogens (tertiary/aromatic N) is 1. The first-order valence-corrected chi connectivity index (χ1v) is 7.75. The standard InChI is InChI=1S/C15H22N2S/c1-4-12-9-10-18-15(16-12)17-14-8-6-5-7-13(14)11(2)3/h5-8,11-12H,4,9-10H2,1-3H3,(H,16,17). The molecular formula is C15H22N2S. The van der Waals surface area contributed by atoms with Gasteiger partial charge in [-0.1, -0.05) is 50.7 Å². The van der Waals surface area contributed by atoms with Gasteiger partial charge >= 0.3 is 0 Å². The number of nitrogens with one attached hydrogen (secondary N) is 1. The third kappa shape index (κ3) is 3.29. The van der Waals surface area contributed by atoms with Gasteiger partial charge in [0.05, 0.1) is 6.04 Å². The molecule has 0 aromatic heterocycles. The van der Waals surface area contributed by atoms with E-state index in [0.29, 0.717) is 12.0 Å². The van der Waals surface area contributed by atoms with Crippen molar-refractivity contribution in [3.63, 3.8) is 0 Å². The number of aliphatic imine (C=N–C) groups is 1. The minimum Gasteiger partial charge on any atom is -0.335 e. The minimum absolute atomic E-state index is 0.500. The maximum Gasteiger partial charge on any atom is 0.161 e. The molecule has 0 radical (unpaired) electrons. The van der Waals surface area contributed by atoms with Crippen molar-refractivity contribution >= 4 is 22.6 Å². The summed E-state index contributed by atoms with van der Waals surface area (Å²) in [6.45, 7) is 6.67. The fourth-order valence-electron chi connectivity index (χ4n) is 2.15. The Labute approximate surface area is 114 Å². The van der Waals surface area contributed by atoms with Crippen molar-refractivity contribution in [3.05, 3.63) is 29.8 Å². The number of amidine groups is 1. The number of hydrogen-bond donors (Lipinski definition) is 1. The Balaban J connectivity index is 2.16. The van der Waals surface area contributed by atoms with Gasteiger partial charge in [0.15, 0.2) is 5.17 Å². The SMILES string of the molecule is CCC1CCSC(Nc2ccccc2C(C)C)=N1. The van der Waals surface area contributed by atoms with Gasteiger partial charge in [0, 0.05) is 11.4 Å². The smallest absolute Gasteiger partial charge is 0.161 e. The summed E-state index contributed by atoms with van der Waals surface area (Å²) in [6, 6.07) is 9.02. The Bertz CT molecular complexity index is 426. The predicted molar refractivity (Wildman–Crippen MR) is 82.7 cm³/mol. The molecule has 0 spiro atoms. The topological polar surface area (TPSA) is 24.4 Å². The maximum absolute atomic E-state index is 4.76. The Kier molecular flexibility index (Phi) is 4.70. The Morgan fingerprint density at radius 3 is 2.89 bits per heavy atom. The molecule has 0 fully saturated rings. The van der Waals surface area contributed by atoms with Gasteiger partial charge in [-0.25, -0.2) is 0 Å². The lowest BCUT2D eigenvalue weighted by Gasteiger charge is -2.21. The van der Waals surface area contributed by atoms with Gasteiger partial charge in [-0.15, -0.1) is 0 Å². The largest absolute Gasteiger partial charge is 0.335 e. The van der Waals surface area contributed by atoms with E-state index in [-0.39, 0.29) is 0 Å². The highest BCUT2D eigenvalue weighted by Gasteiger charge is 2.15. The molecule has 2 rings (SSSR count). The van der Waals surface area contributed by atoms with E-state index in [0.717, 1.165) is 11.6 Å². The number of rotatable bonds is 3. The first kappa shape index (κ1) is 13.5. The van der Waals surface area contributed by atoms with Crippen LogP contribution in [-0.4, -0.2) is 17.0 Å². The lowest BCUT2D eigenvalue weighted by molar-refractivity contribution is 0.634. The highest BCUT2D eigenvalue weighted by atomic mass is 32.2. The van der Waals surface area contributed by atoms with Crippen molar-refractivity contribution in [2.45, 2.75) is 45.6 Å². The molecule has 0 saturated carbocycles. The number of para-hydroxylation sites is 1. The van der Waals surface area contributed by atoms with Crippen LogP contribution < -0.4 is 5.32 Å². The molecule has 1 aromatic carbocycles. The second kappa shape index (κ2) is 6.28. The van der Waals surface area contributed by atoms with E-state index in [4.69, 9.17) is 4.99 Å². The highest BCUT2D eigenvalue weighted by Crippen LogP contribution is 2.26. The van der Waals surface area contributed by atoms with Crippen LogP contribution in [0.1, 0.15) is 45.1 Å². The summed E-state index contributed by atoms with van der Waals surface area (Å²) in [4.78, 5) is 4.76. The zero-order chi connectivity index (χ0) is 13.0. The normalized spacial score (nSPS) is 19.8. The number of benzene rings is 1. The van der Waals surface area contributed by atoms with Crippen LogP contribution in [0, 0.1) is 0 Å². The Morgan fingerprint density at radius 1 is 1.39 bits per heavy atom. The van der Waals surface area contributed by atoms with Crippen LogP contribution in [0.15, 0.2) is 29.3 Å². The van der Waals surface area contributed by atoms with Crippen LogP contribution in [0.4, 0.5) is 5.69 Å². The molecule has 1 heterocycles. The summed E-state index contributed by atoms with van der Waals surface area (Å²) in [7, 11) is 0. The maximum atomic E-state index is 4.76.